The molecule has 3 rings (SSSR count). The van der Waals surface area contributed by atoms with Crippen LogP contribution in [0, 0.1) is 6.92 Å². The number of nitrogens with one attached hydrogen (secondary N) is 3. The number of ether oxygens (including phenoxy) is 1. The van der Waals surface area contributed by atoms with E-state index in [-0.39, 0.29) is 22.3 Å². The van der Waals surface area contributed by atoms with Crippen LogP contribution < -0.4 is 16.2 Å². The number of benzene rings is 1. The van der Waals surface area contributed by atoms with Gasteiger partial charge in [0.2, 0.25) is 15.9 Å². The Kier molecular flexibility index (Phi) is 7.14. The van der Waals surface area contributed by atoms with Gasteiger partial charge in [0.05, 0.1) is 35.2 Å². The number of carbonyl (C=O) groups excluding carboxylic acids is 1. The number of morpholine rings is 1. The van der Waals surface area contributed by atoms with Crippen molar-refractivity contribution in [2.45, 2.75) is 18.2 Å². The largest absolute Gasteiger partial charge is 0.379 e. The van der Waals surface area contributed by atoms with Crippen molar-refractivity contribution >= 4 is 50.3 Å². The van der Waals surface area contributed by atoms with Gasteiger partial charge in [0.25, 0.3) is 0 Å². The SMILES string of the molecule is Cc1nc(CC(=O)NNC(=S)Nc2ccc(S(=O)(=O)N3CCOCC3)cc2)cs1. The molecule has 1 aliphatic rings. The van der Waals surface area contributed by atoms with Crippen molar-refractivity contribution in [2.24, 2.45) is 0 Å². The minimum Gasteiger partial charge on any atom is -0.379 e. The van der Waals surface area contributed by atoms with Crippen LogP contribution in [0.5, 0.6) is 0 Å². The second-order valence-electron chi connectivity index (χ2n) is 6.20. The Hall–Kier alpha value is -2.12. The first-order valence-electron chi connectivity index (χ1n) is 8.79. The highest BCUT2D eigenvalue weighted by Gasteiger charge is 2.26. The van der Waals surface area contributed by atoms with E-state index in [0.29, 0.717) is 37.7 Å². The topological polar surface area (TPSA) is 113 Å². The first-order chi connectivity index (χ1) is 13.8. The lowest BCUT2D eigenvalue weighted by molar-refractivity contribution is -0.121. The molecule has 1 aromatic carbocycles. The molecule has 0 bridgehead atoms. The summed E-state index contributed by atoms with van der Waals surface area (Å²) in [7, 11) is -3.54. The van der Waals surface area contributed by atoms with Crippen LogP contribution in [0.4, 0.5) is 5.69 Å². The second-order valence-corrected chi connectivity index (χ2v) is 9.61. The summed E-state index contributed by atoms with van der Waals surface area (Å²) in [5, 5.41) is 5.80. The summed E-state index contributed by atoms with van der Waals surface area (Å²) in [6, 6.07) is 6.25. The molecule has 156 valence electrons. The van der Waals surface area contributed by atoms with E-state index in [9.17, 15) is 13.2 Å². The first-order valence-corrected chi connectivity index (χ1v) is 11.5. The zero-order chi connectivity index (χ0) is 20.9. The predicted octanol–water partition coefficient (Wildman–Crippen LogP) is 1.03. The molecule has 2 aromatic rings. The summed E-state index contributed by atoms with van der Waals surface area (Å²) in [6.07, 6.45) is 0.147. The number of sulfonamides is 1. The Labute approximate surface area is 178 Å². The zero-order valence-corrected chi connectivity index (χ0v) is 18.1. The Morgan fingerprint density at radius 1 is 1.24 bits per heavy atom. The average molecular weight is 456 g/mol. The molecule has 0 aliphatic carbocycles. The summed E-state index contributed by atoms with van der Waals surface area (Å²) in [6.45, 7) is 3.35. The fourth-order valence-electron chi connectivity index (χ4n) is 2.63. The predicted molar refractivity (Wildman–Crippen MR) is 114 cm³/mol. The van der Waals surface area contributed by atoms with E-state index in [1.54, 1.807) is 12.1 Å². The van der Waals surface area contributed by atoms with Crippen molar-refractivity contribution in [1.82, 2.24) is 20.1 Å². The molecular formula is C17H21N5O4S3. The molecule has 12 heteroatoms. The van der Waals surface area contributed by atoms with Gasteiger partial charge in [-0.3, -0.25) is 15.6 Å². The first kappa shape index (κ1) is 21.6. The number of carbonyl (C=O) groups is 1. The van der Waals surface area contributed by atoms with Crippen molar-refractivity contribution in [2.75, 3.05) is 31.6 Å². The minimum atomic E-state index is -3.54. The van der Waals surface area contributed by atoms with Gasteiger partial charge in [0.15, 0.2) is 5.11 Å². The monoisotopic (exact) mass is 455 g/mol. The number of anilines is 1. The summed E-state index contributed by atoms with van der Waals surface area (Å²) in [5.74, 6) is -0.272. The van der Waals surface area contributed by atoms with Crippen molar-refractivity contribution in [3.8, 4) is 0 Å². The molecule has 3 N–H and O–H groups in total. The molecular weight excluding hydrogens is 434 g/mol. The summed E-state index contributed by atoms with van der Waals surface area (Å²) < 4.78 is 31.8. The molecule has 0 spiro atoms. The van der Waals surface area contributed by atoms with Crippen LogP contribution in [0.1, 0.15) is 10.7 Å². The fraction of sp³-hybridized carbons (Fsp3) is 0.353. The van der Waals surface area contributed by atoms with E-state index in [1.807, 2.05) is 12.3 Å². The number of hydrogen-bond acceptors (Lipinski definition) is 7. The Balaban J connectivity index is 1.50. The van der Waals surface area contributed by atoms with Crippen molar-refractivity contribution < 1.29 is 17.9 Å². The molecule has 2 heterocycles. The Morgan fingerprint density at radius 2 is 1.93 bits per heavy atom. The number of thiocarbonyl (C=S) groups is 1. The van der Waals surface area contributed by atoms with E-state index in [4.69, 9.17) is 17.0 Å². The maximum Gasteiger partial charge on any atom is 0.244 e. The average Bonchev–Trinajstić information content (AvgIpc) is 3.12. The third-order valence-corrected chi connectivity index (χ3v) is 6.98. The molecule has 1 aromatic heterocycles. The van der Waals surface area contributed by atoms with Crippen LogP contribution in [0.3, 0.4) is 0 Å². The van der Waals surface area contributed by atoms with E-state index < -0.39 is 10.0 Å². The van der Waals surface area contributed by atoms with Crippen molar-refractivity contribution in [3.63, 3.8) is 0 Å². The highest BCUT2D eigenvalue weighted by molar-refractivity contribution is 7.89. The van der Waals surface area contributed by atoms with Gasteiger partial charge in [0.1, 0.15) is 0 Å². The van der Waals surface area contributed by atoms with E-state index in [1.165, 1.54) is 27.8 Å². The highest BCUT2D eigenvalue weighted by Crippen LogP contribution is 2.19. The van der Waals surface area contributed by atoms with Crippen LogP contribution in [-0.2, 0) is 26.0 Å². The molecule has 29 heavy (non-hydrogen) atoms. The van der Waals surface area contributed by atoms with Gasteiger partial charge in [-0.05, 0) is 43.4 Å². The number of rotatable bonds is 5. The van der Waals surface area contributed by atoms with Crippen LogP contribution in [0.15, 0.2) is 34.5 Å². The molecule has 0 radical (unpaired) electrons. The smallest absolute Gasteiger partial charge is 0.244 e. The lowest BCUT2D eigenvalue weighted by Crippen LogP contribution is -2.44. The number of thiazole rings is 1. The van der Waals surface area contributed by atoms with Crippen LogP contribution >= 0.6 is 23.6 Å². The number of amides is 1. The maximum atomic E-state index is 12.6. The number of hydrogen-bond donors (Lipinski definition) is 3. The van der Waals surface area contributed by atoms with Gasteiger partial charge in [-0.1, -0.05) is 0 Å². The quantitative estimate of drug-likeness (QED) is 0.453. The Morgan fingerprint density at radius 3 is 2.55 bits per heavy atom. The number of aromatic nitrogens is 1. The van der Waals surface area contributed by atoms with Crippen LogP contribution in [0.25, 0.3) is 0 Å². The minimum absolute atomic E-state index is 0.147. The summed E-state index contributed by atoms with van der Waals surface area (Å²) in [5.41, 5.74) is 6.39. The van der Waals surface area contributed by atoms with Crippen molar-refractivity contribution in [3.05, 3.63) is 40.3 Å². The highest BCUT2D eigenvalue weighted by atomic mass is 32.2. The third-order valence-electron chi connectivity index (χ3n) is 4.04. The lowest BCUT2D eigenvalue weighted by atomic mass is 10.3. The second kappa shape index (κ2) is 9.59. The lowest BCUT2D eigenvalue weighted by Gasteiger charge is -2.26. The molecule has 1 saturated heterocycles. The summed E-state index contributed by atoms with van der Waals surface area (Å²) >= 11 is 6.62. The van der Waals surface area contributed by atoms with E-state index in [2.05, 4.69) is 21.2 Å². The van der Waals surface area contributed by atoms with Gasteiger partial charge in [-0.25, -0.2) is 13.4 Å². The zero-order valence-electron chi connectivity index (χ0n) is 15.7. The molecule has 0 atom stereocenters. The number of nitrogens with zero attached hydrogens (tertiary/aromatic N) is 2. The van der Waals surface area contributed by atoms with Crippen LogP contribution in [0.2, 0.25) is 0 Å². The molecule has 1 aliphatic heterocycles. The standard InChI is InChI=1S/C17H21N5O4S3/c1-12-18-14(11-28-12)10-16(23)20-21-17(27)19-13-2-4-15(5-3-13)29(24,25)22-6-8-26-9-7-22/h2-5,11H,6-10H2,1H3,(H,20,23)(H2,19,21,27). The fourth-order valence-corrected chi connectivity index (χ4v) is 4.82. The van der Waals surface area contributed by atoms with Gasteiger partial charge in [-0.15, -0.1) is 11.3 Å². The molecule has 9 nitrogen and oxygen atoms in total. The number of hydrazine groups is 1. The van der Waals surface area contributed by atoms with Crippen molar-refractivity contribution in [1.29, 1.82) is 0 Å². The molecule has 0 saturated carbocycles. The van der Waals surface area contributed by atoms with Gasteiger partial charge in [0, 0.05) is 24.2 Å². The number of aryl methyl sites for hydroxylation is 1. The van der Waals surface area contributed by atoms with E-state index >= 15 is 0 Å². The maximum absolute atomic E-state index is 12.6. The van der Waals surface area contributed by atoms with Gasteiger partial charge >= 0.3 is 0 Å². The molecule has 1 amide bonds. The third kappa shape index (κ3) is 5.93. The van der Waals surface area contributed by atoms with Gasteiger partial charge < -0.3 is 10.1 Å². The Bertz CT molecular complexity index is 969. The molecule has 0 unspecified atom stereocenters. The molecule has 1 fully saturated rings. The van der Waals surface area contributed by atoms with Crippen LogP contribution in [-0.4, -0.2) is 55.0 Å². The van der Waals surface area contributed by atoms with E-state index in [0.717, 1.165) is 5.01 Å². The van der Waals surface area contributed by atoms with Gasteiger partial charge in [-0.2, -0.15) is 4.31 Å². The normalized spacial score (nSPS) is 14.9. The summed E-state index contributed by atoms with van der Waals surface area (Å²) in [4.78, 5) is 16.3.